The van der Waals surface area contributed by atoms with Gasteiger partial charge in [0.15, 0.2) is 0 Å². The molecule has 2 aromatic rings. The van der Waals surface area contributed by atoms with Crippen LogP contribution in [0, 0.1) is 5.92 Å². The number of sulfonamides is 1. The Morgan fingerprint density at radius 2 is 1.76 bits per heavy atom. The summed E-state index contributed by atoms with van der Waals surface area (Å²) >= 11 is 0. The van der Waals surface area contributed by atoms with Crippen molar-refractivity contribution in [3.05, 3.63) is 48.5 Å². The minimum absolute atomic E-state index is 0.109. The third kappa shape index (κ3) is 4.36. The van der Waals surface area contributed by atoms with Gasteiger partial charge in [0.25, 0.3) is 0 Å². The zero-order valence-corrected chi connectivity index (χ0v) is 16.1. The fourth-order valence-electron chi connectivity index (χ4n) is 2.75. The number of imide groups is 1. The number of nitrogens with one attached hydrogen (secondary N) is 2. The molecular formula is C18H18N4O6S. The molecule has 4 N–H and O–H groups in total. The molecule has 11 heteroatoms. The number of benzene rings is 2. The van der Waals surface area contributed by atoms with Gasteiger partial charge in [0.1, 0.15) is 11.7 Å². The van der Waals surface area contributed by atoms with Crippen LogP contribution in [0.15, 0.2) is 53.4 Å². The maximum absolute atomic E-state index is 12.8. The van der Waals surface area contributed by atoms with Crippen molar-refractivity contribution in [3.63, 3.8) is 0 Å². The van der Waals surface area contributed by atoms with Gasteiger partial charge < -0.3 is 15.4 Å². The number of nitrogens with zero attached hydrogens (tertiary/aromatic N) is 1. The topological polar surface area (TPSA) is 148 Å². The van der Waals surface area contributed by atoms with Gasteiger partial charge in [-0.1, -0.05) is 0 Å². The van der Waals surface area contributed by atoms with Crippen molar-refractivity contribution in [2.24, 2.45) is 11.1 Å². The number of ether oxygens (including phenoxy) is 1. The molecule has 10 nitrogen and oxygen atoms in total. The van der Waals surface area contributed by atoms with Crippen LogP contribution in [0.25, 0.3) is 0 Å². The predicted molar refractivity (Wildman–Crippen MR) is 104 cm³/mol. The van der Waals surface area contributed by atoms with Crippen molar-refractivity contribution in [1.29, 1.82) is 0 Å². The number of urea groups is 1. The number of primary sulfonamides is 1. The van der Waals surface area contributed by atoms with Crippen molar-refractivity contribution in [2.45, 2.75) is 4.90 Å². The fraction of sp³-hybridized carbons (Fsp3) is 0.167. The first kappa shape index (κ1) is 20.3. The Hall–Kier alpha value is -3.44. The first-order chi connectivity index (χ1) is 13.7. The lowest BCUT2D eigenvalue weighted by Crippen LogP contribution is -2.58. The summed E-state index contributed by atoms with van der Waals surface area (Å²) in [6.07, 6.45) is 0. The van der Waals surface area contributed by atoms with E-state index in [1.807, 2.05) is 0 Å². The minimum atomic E-state index is -3.86. The average molecular weight is 418 g/mol. The zero-order valence-electron chi connectivity index (χ0n) is 15.3. The molecule has 0 aliphatic carbocycles. The van der Waals surface area contributed by atoms with E-state index >= 15 is 0 Å². The zero-order chi connectivity index (χ0) is 21.2. The highest BCUT2D eigenvalue weighted by Crippen LogP contribution is 2.24. The number of carbonyl (C=O) groups is 3. The van der Waals surface area contributed by atoms with E-state index < -0.39 is 33.8 Å². The van der Waals surface area contributed by atoms with E-state index in [1.54, 1.807) is 12.1 Å². The number of hydrogen-bond donors (Lipinski definition) is 3. The number of hydrogen-bond acceptors (Lipinski definition) is 6. The SMILES string of the molecule is COc1ccc(N2C(=O)NCC(C(=O)Nc3ccc(S(N)(=O)=O)cc3)C2=O)cc1. The normalized spacial score (nSPS) is 16.9. The largest absolute Gasteiger partial charge is 0.497 e. The molecule has 0 radical (unpaired) electrons. The van der Waals surface area contributed by atoms with Crippen LogP contribution in [0.5, 0.6) is 5.75 Å². The number of anilines is 2. The summed E-state index contributed by atoms with van der Waals surface area (Å²) < 4.78 is 27.6. The molecule has 1 unspecified atom stereocenters. The summed E-state index contributed by atoms with van der Waals surface area (Å²) in [5.41, 5.74) is 0.575. The quantitative estimate of drug-likeness (QED) is 0.608. The number of rotatable bonds is 5. The Balaban J connectivity index is 1.76. The van der Waals surface area contributed by atoms with Crippen LogP contribution < -0.4 is 25.4 Å². The van der Waals surface area contributed by atoms with Crippen molar-refractivity contribution in [2.75, 3.05) is 23.9 Å². The second-order valence-corrected chi connectivity index (χ2v) is 7.73. The first-order valence-electron chi connectivity index (χ1n) is 8.40. The number of amides is 4. The summed E-state index contributed by atoms with van der Waals surface area (Å²) in [6.45, 7) is -0.161. The van der Waals surface area contributed by atoms with Crippen LogP contribution in [-0.4, -0.2) is 39.9 Å². The van der Waals surface area contributed by atoms with Crippen molar-refractivity contribution in [3.8, 4) is 5.75 Å². The van der Waals surface area contributed by atoms with E-state index in [-0.39, 0.29) is 17.1 Å². The molecule has 29 heavy (non-hydrogen) atoms. The molecule has 0 aromatic heterocycles. The second kappa shape index (κ2) is 7.89. The molecular weight excluding hydrogens is 400 g/mol. The van der Waals surface area contributed by atoms with Gasteiger partial charge in [0, 0.05) is 12.2 Å². The van der Waals surface area contributed by atoms with Crippen molar-refractivity contribution >= 4 is 39.2 Å². The Kier molecular flexibility index (Phi) is 5.52. The van der Waals surface area contributed by atoms with Gasteiger partial charge in [0.2, 0.25) is 21.8 Å². The highest BCUT2D eigenvalue weighted by Gasteiger charge is 2.39. The van der Waals surface area contributed by atoms with Gasteiger partial charge in [-0.3, -0.25) is 9.59 Å². The lowest BCUT2D eigenvalue weighted by atomic mass is 10.0. The molecule has 2 aromatic carbocycles. The van der Waals surface area contributed by atoms with Crippen LogP contribution in [-0.2, 0) is 19.6 Å². The molecule has 4 amide bonds. The lowest BCUT2D eigenvalue weighted by Gasteiger charge is -2.30. The molecule has 1 aliphatic rings. The molecule has 1 atom stereocenters. The Bertz CT molecular complexity index is 1050. The van der Waals surface area contributed by atoms with Crippen LogP contribution in [0.3, 0.4) is 0 Å². The number of nitrogens with two attached hydrogens (primary N) is 1. The van der Waals surface area contributed by atoms with E-state index in [4.69, 9.17) is 9.88 Å². The highest BCUT2D eigenvalue weighted by molar-refractivity contribution is 7.89. The molecule has 1 aliphatic heterocycles. The smallest absolute Gasteiger partial charge is 0.328 e. The van der Waals surface area contributed by atoms with Gasteiger partial charge in [-0.2, -0.15) is 0 Å². The van der Waals surface area contributed by atoms with E-state index in [1.165, 1.54) is 43.5 Å². The monoisotopic (exact) mass is 418 g/mol. The molecule has 3 rings (SSSR count). The highest BCUT2D eigenvalue weighted by atomic mass is 32.2. The van der Waals surface area contributed by atoms with Crippen LogP contribution in [0.4, 0.5) is 16.2 Å². The van der Waals surface area contributed by atoms with Gasteiger partial charge in [0.05, 0.1) is 17.7 Å². The van der Waals surface area contributed by atoms with E-state index in [0.717, 1.165) is 4.90 Å². The standard InChI is InChI=1S/C18H18N4O6S/c1-28-13-6-4-12(5-7-13)22-17(24)15(10-20-18(22)25)16(23)21-11-2-8-14(9-3-11)29(19,26)27/h2-9,15H,10H2,1H3,(H,20,25)(H,21,23)(H2,19,26,27). The van der Waals surface area contributed by atoms with Crippen LogP contribution in [0.2, 0.25) is 0 Å². The predicted octanol–water partition coefficient (Wildman–Crippen LogP) is 0.654. The molecule has 1 heterocycles. The third-order valence-corrected chi connectivity index (χ3v) is 5.21. The summed E-state index contributed by atoms with van der Waals surface area (Å²) in [6, 6.07) is 10.8. The number of carbonyl (C=O) groups excluding carboxylic acids is 3. The summed E-state index contributed by atoms with van der Waals surface area (Å²) in [5.74, 6) is -1.93. The van der Waals surface area contributed by atoms with Gasteiger partial charge >= 0.3 is 6.03 Å². The fourth-order valence-corrected chi connectivity index (χ4v) is 3.27. The van der Waals surface area contributed by atoms with Crippen molar-refractivity contribution < 1.29 is 27.5 Å². The molecule has 1 saturated heterocycles. The molecule has 0 spiro atoms. The molecule has 152 valence electrons. The van der Waals surface area contributed by atoms with Gasteiger partial charge in [-0.15, -0.1) is 0 Å². The third-order valence-electron chi connectivity index (χ3n) is 4.28. The summed E-state index contributed by atoms with van der Waals surface area (Å²) in [4.78, 5) is 38.3. The van der Waals surface area contributed by atoms with Crippen LogP contribution >= 0.6 is 0 Å². The summed E-state index contributed by atoms with van der Waals surface area (Å²) in [7, 11) is -2.37. The first-order valence-corrected chi connectivity index (χ1v) is 9.95. The van der Waals surface area contributed by atoms with E-state index in [0.29, 0.717) is 11.4 Å². The average Bonchev–Trinajstić information content (AvgIpc) is 2.68. The van der Waals surface area contributed by atoms with Crippen molar-refractivity contribution in [1.82, 2.24) is 5.32 Å². The maximum Gasteiger partial charge on any atom is 0.328 e. The van der Waals surface area contributed by atoms with E-state index in [9.17, 15) is 22.8 Å². The maximum atomic E-state index is 12.8. The Morgan fingerprint density at radius 1 is 1.14 bits per heavy atom. The summed E-state index contributed by atoms with van der Waals surface area (Å²) in [5, 5.41) is 10.1. The second-order valence-electron chi connectivity index (χ2n) is 6.17. The molecule has 0 bridgehead atoms. The number of methoxy groups -OCH3 is 1. The lowest BCUT2D eigenvalue weighted by molar-refractivity contribution is -0.130. The Labute approximate surface area is 166 Å². The van der Waals surface area contributed by atoms with Crippen LogP contribution in [0.1, 0.15) is 0 Å². The molecule has 1 fully saturated rings. The van der Waals surface area contributed by atoms with E-state index in [2.05, 4.69) is 10.6 Å². The van der Waals surface area contributed by atoms with Gasteiger partial charge in [-0.05, 0) is 48.5 Å². The Morgan fingerprint density at radius 3 is 2.31 bits per heavy atom. The molecule has 0 saturated carbocycles. The van der Waals surface area contributed by atoms with Gasteiger partial charge in [-0.25, -0.2) is 23.3 Å². The minimum Gasteiger partial charge on any atom is -0.497 e.